The van der Waals surface area contributed by atoms with Crippen molar-refractivity contribution in [2.45, 2.75) is 0 Å². The monoisotopic (exact) mass is 210 g/mol. The van der Waals surface area contributed by atoms with Crippen molar-refractivity contribution in [1.82, 2.24) is 5.32 Å². The first-order chi connectivity index (χ1) is 7.31. The van der Waals surface area contributed by atoms with Crippen molar-refractivity contribution in [1.29, 1.82) is 0 Å². The summed E-state index contributed by atoms with van der Waals surface area (Å²) in [7, 11) is 1.34. The fourth-order valence-corrected chi connectivity index (χ4v) is 1.62. The minimum atomic E-state index is -0.434. The number of piperazine rings is 1. The maximum Gasteiger partial charge on any atom is 0.374 e. The summed E-state index contributed by atoms with van der Waals surface area (Å²) >= 11 is 0. The molecule has 0 radical (unpaired) electrons. The highest BCUT2D eigenvalue weighted by atomic mass is 16.5. The van der Waals surface area contributed by atoms with Crippen molar-refractivity contribution < 1.29 is 13.9 Å². The van der Waals surface area contributed by atoms with Crippen molar-refractivity contribution in [2.75, 3.05) is 38.2 Å². The van der Waals surface area contributed by atoms with Crippen LogP contribution in [0.5, 0.6) is 0 Å². The highest BCUT2D eigenvalue weighted by molar-refractivity contribution is 5.87. The molecule has 1 N–H and O–H groups in total. The smallest absolute Gasteiger partial charge is 0.374 e. The molecule has 1 aliphatic rings. The molecule has 0 saturated carbocycles. The van der Waals surface area contributed by atoms with Crippen LogP contribution in [0.25, 0.3) is 0 Å². The Hall–Kier alpha value is -1.49. The maximum absolute atomic E-state index is 11.2. The van der Waals surface area contributed by atoms with E-state index in [9.17, 15) is 4.79 Å². The Morgan fingerprint density at radius 2 is 2.27 bits per heavy atom. The molecule has 5 nitrogen and oxygen atoms in total. The Bertz CT molecular complexity index is 342. The summed E-state index contributed by atoms with van der Waals surface area (Å²) in [5.74, 6) is -0.178. The number of rotatable bonds is 2. The normalized spacial score (nSPS) is 16.5. The van der Waals surface area contributed by atoms with Crippen LogP contribution in [0.15, 0.2) is 16.7 Å². The van der Waals surface area contributed by atoms with E-state index in [2.05, 4.69) is 15.0 Å². The summed E-state index contributed by atoms with van der Waals surface area (Å²) in [6, 6.07) is 1.72. The summed E-state index contributed by atoms with van der Waals surface area (Å²) in [5.41, 5.74) is 0.942. The molecule has 1 aromatic heterocycles. The number of hydrogen-bond acceptors (Lipinski definition) is 5. The molecule has 0 amide bonds. The van der Waals surface area contributed by atoms with Crippen molar-refractivity contribution >= 4 is 11.7 Å². The first kappa shape index (κ1) is 10.0. The zero-order valence-electron chi connectivity index (χ0n) is 8.66. The van der Waals surface area contributed by atoms with Gasteiger partial charge in [-0.3, -0.25) is 0 Å². The number of carbonyl (C=O) groups is 1. The van der Waals surface area contributed by atoms with Crippen LogP contribution in [-0.4, -0.2) is 39.3 Å². The molecule has 0 aromatic carbocycles. The van der Waals surface area contributed by atoms with Crippen LogP contribution in [0.3, 0.4) is 0 Å². The second-order valence-electron chi connectivity index (χ2n) is 3.40. The van der Waals surface area contributed by atoms with Gasteiger partial charge in [-0.2, -0.15) is 0 Å². The van der Waals surface area contributed by atoms with Gasteiger partial charge in [0.05, 0.1) is 12.8 Å². The predicted octanol–water partition coefficient (Wildman–Crippen LogP) is 0.476. The molecule has 0 unspecified atom stereocenters. The number of anilines is 1. The standard InChI is InChI=1S/C10H14N2O3/c1-14-10(13)9-6-8(7-15-9)12-4-2-11-3-5-12/h6-7,11H,2-5H2,1H3. The number of hydrogen-bond donors (Lipinski definition) is 1. The van der Waals surface area contributed by atoms with Gasteiger partial charge < -0.3 is 19.4 Å². The number of nitrogens with zero attached hydrogens (tertiary/aromatic N) is 1. The Kier molecular flexibility index (Phi) is 2.91. The molecular formula is C10H14N2O3. The first-order valence-corrected chi connectivity index (χ1v) is 4.94. The van der Waals surface area contributed by atoms with Crippen molar-refractivity contribution in [3.63, 3.8) is 0 Å². The average Bonchev–Trinajstić information content (AvgIpc) is 2.78. The van der Waals surface area contributed by atoms with E-state index in [1.165, 1.54) is 7.11 Å². The summed E-state index contributed by atoms with van der Waals surface area (Å²) in [6.07, 6.45) is 1.59. The fraction of sp³-hybridized carbons (Fsp3) is 0.500. The molecule has 2 heterocycles. The van der Waals surface area contributed by atoms with E-state index in [4.69, 9.17) is 4.42 Å². The molecule has 5 heteroatoms. The van der Waals surface area contributed by atoms with E-state index >= 15 is 0 Å². The highest BCUT2D eigenvalue weighted by Crippen LogP contribution is 2.19. The summed E-state index contributed by atoms with van der Waals surface area (Å²) in [4.78, 5) is 13.3. The van der Waals surface area contributed by atoms with Crippen LogP contribution in [0.4, 0.5) is 5.69 Å². The van der Waals surface area contributed by atoms with Gasteiger partial charge in [0, 0.05) is 32.2 Å². The van der Waals surface area contributed by atoms with Gasteiger partial charge in [-0.1, -0.05) is 0 Å². The molecule has 0 bridgehead atoms. The van der Waals surface area contributed by atoms with E-state index < -0.39 is 5.97 Å². The largest absolute Gasteiger partial charge is 0.463 e. The van der Waals surface area contributed by atoms with Crippen molar-refractivity contribution in [2.24, 2.45) is 0 Å². The average molecular weight is 210 g/mol. The molecular weight excluding hydrogens is 196 g/mol. The number of furan rings is 1. The van der Waals surface area contributed by atoms with Crippen molar-refractivity contribution in [3.8, 4) is 0 Å². The van der Waals surface area contributed by atoms with E-state index in [0.29, 0.717) is 0 Å². The van der Waals surface area contributed by atoms with Gasteiger partial charge in [-0.15, -0.1) is 0 Å². The molecule has 2 rings (SSSR count). The molecule has 1 saturated heterocycles. The van der Waals surface area contributed by atoms with Gasteiger partial charge >= 0.3 is 5.97 Å². The molecule has 15 heavy (non-hydrogen) atoms. The first-order valence-electron chi connectivity index (χ1n) is 4.94. The summed E-state index contributed by atoms with van der Waals surface area (Å²) in [5, 5.41) is 3.26. The van der Waals surface area contributed by atoms with Gasteiger partial charge in [0.2, 0.25) is 5.76 Å². The van der Waals surface area contributed by atoms with Gasteiger partial charge in [0.25, 0.3) is 0 Å². The summed E-state index contributed by atoms with van der Waals surface area (Å²) < 4.78 is 9.71. The molecule has 1 fully saturated rings. The van der Waals surface area contributed by atoms with Gasteiger partial charge in [-0.25, -0.2) is 4.79 Å². The number of carbonyl (C=O) groups excluding carboxylic acids is 1. The molecule has 1 aliphatic heterocycles. The van der Waals surface area contributed by atoms with Gasteiger partial charge in [0.1, 0.15) is 6.26 Å². The van der Waals surface area contributed by atoms with Gasteiger partial charge in [-0.05, 0) is 0 Å². The van der Waals surface area contributed by atoms with Crippen LogP contribution in [0.1, 0.15) is 10.6 Å². The van der Waals surface area contributed by atoms with Crippen LogP contribution in [0.2, 0.25) is 0 Å². The number of esters is 1. The second kappa shape index (κ2) is 4.35. The van der Waals surface area contributed by atoms with E-state index in [0.717, 1.165) is 31.9 Å². The Morgan fingerprint density at radius 3 is 2.93 bits per heavy atom. The molecule has 0 spiro atoms. The zero-order valence-corrected chi connectivity index (χ0v) is 8.66. The lowest BCUT2D eigenvalue weighted by Gasteiger charge is -2.27. The van der Waals surface area contributed by atoms with Gasteiger partial charge in [0.15, 0.2) is 0 Å². The topological polar surface area (TPSA) is 54.7 Å². The number of ether oxygens (including phenoxy) is 1. The molecule has 1 aromatic rings. The summed E-state index contributed by atoms with van der Waals surface area (Å²) in [6.45, 7) is 3.78. The molecule has 82 valence electrons. The maximum atomic E-state index is 11.2. The van der Waals surface area contributed by atoms with Crippen molar-refractivity contribution in [3.05, 3.63) is 18.1 Å². The zero-order chi connectivity index (χ0) is 10.7. The van der Waals surface area contributed by atoms with E-state index in [-0.39, 0.29) is 5.76 Å². The lowest BCUT2D eigenvalue weighted by molar-refractivity contribution is 0.0565. The van der Waals surface area contributed by atoms with Crippen LogP contribution in [0, 0.1) is 0 Å². The number of methoxy groups -OCH3 is 1. The third-order valence-corrected chi connectivity index (χ3v) is 2.45. The third-order valence-electron chi connectivity index (χ3n) is 2.45. The van der Waals surface area contributed by atoms with Crippen LogP contribution in [-0.2, 0) is 4.74 Å². The highest BCUT2D eigenvalue weighted by Gasteiger charge is 2.16. The minimum absolute atomic E-state index is 0.256. The second-order valence-corrected chi connectivity index (χ2v) is 3.40. The molecule has 0 atom stereocenters. The van der Waals surface area contributed by atoms with E-state index in [1.54, 1.807) is 12.3 Å². The lowest BCUT2D eigenvalue weighted by Crippen LogP contribution is -2.43. The van der Waals surface area contributed by atoms with Crippen LogP contribution < -0.4 is 10.2 Å². The predicted molar refractivity (Wildman–Crippen MR) is 55.1 cm³/mol. The van der Waals surface area contributed by atoms with Crippen LogP contribution >= 0.6 is 0 Å². The minimum Gasteiger partial charge on any atom is -0.463 e. The van der Waals surface area contributed by atoms with E-state index in [1.807, 2.05) is 0 Å². The Labute approximate surface area is 88.0 Å². The fourth-order valence-electron chi connectivity index (χ4n) is 1.62. The SMILES string of the molecule is COC(=O)c1cc(N2CCNCC2)co1. The number of nitrogens with one attached hydrogen (secondary N) is 1. The quantitative estimate of drug-likeness (QED) is 0.719. The Morgan fingerprint density at radius 1 is 1.53 bits per heavy atom. The Balaban J connectivity index is 2.08. The lowest BCUT2D eigenvalue weighted by atomic mass is 10.3. The molecule has 0 aliphatic carbocycles. The third kappa shape index (κ3) is 2.12.